The Morgan fingerprint density at radius 3 is 2.56 bits per heavy atom. The molecule has 1 aromatic rings. The Morgan fingerprint density at radius 2 is 1.92 bits per heavy atom. The fourth-order valence-electron chi connectivity index (χ4n) is 3.54. The zero-order chi connectivity index (χ0) is 18.0. The molecule has 2 aliphatic rings. The van der Waals surface area contributed by atoms with Crippen molar-refractivity contribution in [3.8, 4) is 5.75 Å². The van der Waals surface area contributed by atoms with Gasteiger partial charge in [0.25, 0.3) is 0 Å². The summed E-state index contributed by atoms with van der Waals surface area (Å²) >= 11 is 0. The molecular formula is C18H23N3O4. The van der Waals surface area contributed by atoms with Crippen molar-refractivity contribution in [2.45, 2.75) is 19.3 Å². The van der Waals surface area contributed by atoms with Gasteiger partial charge >= 0.3 is 0 Å². The molecule has 0 bridgehead atoms. The van der Waals surface area contributed by atoms with Gasteiger partial charge in [0.15, 0.2) is 0 Å². The van der Waals surface area contributed by atoms with Crippen molar-refractivity contribution in [3.05, 3.63) is 24.3 Å². The molecule has 1 atom stereocenters. The molecule has 25 heavy (non-hydrogen) atoms. The molecule has 0 saturated carbocycles. The third-order valence-electron chi connectivity index (χ3n) is 5.05. The fraction of sp³-hybridized carbons (Fsp3) is 0.500. The Labute approximate surface area is 146 Å². The molecule has 0 aromatic heterocycles. The van der Waals surface area contributed by atoms with E-state index in [1.807, 2.05) is 18.2 Å². The smallest absolute Gasteiger partial charge is 0.228 e. The Morgan fingerprint density at radius 1 is 1.20 bits per heavy atom. The Hall–Kier alpha value is -2.57. The lowest BCUT2D eigenvalue weighted by Gasteiger charge is -2.32. The number of nitrogens with zero attached hydrogens (tertiary/aromatic N) is 2. The number of hydrogen-bond acceptors (Lipinski definition) is 4. The largest absolute Gasteiger partial charge is 0.497 e. The molecule has 2 heterocycles. The molecule has 2 aliphatic heterocycles. The molecule has 2 fully saturated rings. The molecule has 1 unspecified atom stereocenters. The van der Waals surface area contributed by atoms with Gasteiger partial charge in [0.2, 0.25) is 17.7 Å². The zero-order valence-corrected chi connectivity index (χ0v) is 14.3. The molecule has 0 aliphatic carbocycles. The SMILES string of the molecule is COc1cccc(N2CC(C(=O)N3CCC(C(N)=O)CC3)CC2=O)c1. The van der Waals surface area contributed by atoms with Crippen molar-refractivity contribution in [2.24, 2.45) is 17.6 Å². The lowest BCUT2D eigenvalue weighted by Crippen LogP contribution is -2.44. The van der Waals surface area contributed by atoms with Gasteiger partial charge in [0.1, 0.15) is 5.75 Å². The van der Waals surface area contributed by atoms with Crippen LogP contribution >= 0.6 is 0 Å². The predicted octanol–water partition coefficient (Wildman–Crippen LogP) is 0.772. The second-order valence-corrected chi connectivity index (χ2v) is 6.61. The van der Waals surface area contributed by atoms with Crippen LogP contribution in [0.25, 0.3) is 0 Å². The minimum atomic E-state index is -0.344. The first-order valence-corrected chi connectivity index (χ1v) is 8.52. The van der Waals surface area contributed by atoms with E-state index in [1.54, 1.807) is 23.0 Å². The van der Waals surface area contributed by atoms with E-state index in [9.17, 15) is 14.4 Å². The first-order chi connectivity index (χ1) is 12.0. The van der Waals surface area contributed by atoms with Crippen LogP contribution in [-0.2, 0) is 14.4 Å². The third kappa shape index (κ3) is 3.60. The number of piperidine rings is 1. The van der Waals surface area contributed by atoms with Crippen molar-refractivity contribution in [1.29, 1.82) is 0 Å². The maximum atomic E-state index is 12.7. The number of likely N-dealkylation sites (tertiary alicyclic amines) is 1. The van der Waals surface area contributed by atoms with E-state index < -0.39 is 0 Å². The number of ether oxygens (including phenoxy) is 1. The summed E-state index contributed by atoms with van der Waals surface area (Å²) in [6.07, 6.45) is 1.41. The van der Waals surface area contributed by atoms with Crippen LogP contribution in [0, 0.1) is 11.8 Å². The molecular weight excluding hydrogens is 322 g/mol. The van der Waals surface area contributed by atoms with Gasteiger partial charge in [-0.05, 0) is 25.0 Å². The van der Waals surface area contributed by atoms with Gasteiger partial charge in [-0.3, -0.25) is 14.4 Å². The average Bonchev–Trinajstić information content (AvgIpc) is 3.03. The van der Waals surface area contributed by atoms with Gasteiger partial charge in [0.05, 0.1) is 13.0 Å². The van der Waals surface area contributed by atoms with Crippen LogP contribution < -0.4 is 15.4 Å². The van der Waals surface area contributed by atoms with Crippen LogP contribution in [0.15, 0.2) is 24.3 Å². The summed E-state index contributed by atoms with van der Waals surface area (Å²) in [7, 11) is 1.58. The molecule has 3 rings (SSSR count). The van der Waals surface area contributed by atoms with Gasteiger partial charge < -0.3 is 20.3 Å². The molecule has 7 heteroatoms. The molecule has 0 radical (unpaired) electrons. The van der Waals surface area contributed by atoms with Gasteiger partial charge in [-0.25, -0.2) is 0 Å². The van der Waals surface area contributed by atoms with Crippen molar-refractivity contribution >= 4 is 23.4 Å². The molecule has 2 N–H and O–H groups in total. The number of carbonyl (C=O) groups is 3. The number of primary amides is 1. The van der Waals surface area contributed by atoms with Gasteiger partial charge in [0, 0.05) is 43.7 Å². The fourth-order valence-corrected chi connectivity index (χ4v) is 3.54. The van der Waals surface area contributed by atoms with Crippen LogP contribution in [0.5, 0.6) is 5.75 Å². The summed E-state index contributed by atoms with van der Waals surface area (Å²) in [5.74, 6) is -0.187. The summed E-state index contributed by atoms with van der Waals surface area (Å²) in [5, 5.41) is 0. The first kappa shape index (κ1) is 17.3. The molecule has 7 nitrogen and oxygen atoms in total. The summed E-state index contributed by atoms with van der Waals surface area (Å²) in [6.45, 7) is 1.42. The quantitative estimate of drug-likeness (QED) is 0.872. The number of nitrogens with two attached hydrogens (primary N) is 1. The predicted molar refractivity (Wildman–Crippen MR) is 92.0 cm³/mol. The van der Waals surface area contributed by atoms with Crippen molar-refractivity contribution in [1.82, 2.24) is 4.90 Å². The summed E-state index contributed by atoms with van der Waals surface area (Å²) in [6, 6.07) is 7.27. The second-order valence-electron chi connectivity index (χ2n) is 6.61. The molecule has 3 amide bonds. The van der Waals surface area contributed by atoms with Gasteiger partial charge in [-0.15, -0.1) is 0 Å². The number of amides is 3. The van der Waals surface area contributed by atoms with Crippen molar-refractivity contribution < 1.29 is 19.1 Å². The van der Waals surface area contributed by atoms with Crippen LogP contribution in [0.1, 0.15) is 19.3 Å². The van der Waals surface area contributed by atoms with E-state index in [1.165, 1.54) is 0 Å². The molecule has 0 spiro atoms. The maximum absolute atomic E-state index is 12.7. The van der Waals surface area contributed by atoms with Gasteiger partial charge in [-0.1, -0.05) is 6.07 Å². The van der Waals surface area contributed by atoms with E-state index in [0.717, 1.165) is 5.69 Å². The summed E-state index contributed by atoms with van der Waals surface area (Å²) in [4.78, 5) is 39.7. The molecule has 1 aromatic carbocycles. The summed E-state index contributed by atoms with van der Waals surface area (Å²) in [5.41, 5.74) is 6.07. The van der Waals surface area contributed by atoms with Crippen LogP contribution in [0.3, 0.4) is 0 Å². The standard InChI is InChI=1S/C18H23N3O4/c1-25-15-4-2-3-14(10-15)21-11-13(9-16(21)22)18(24)20-7-5-12(6-8-20)17(19)23/h2-4,10,12-13H,5-9,11H2,1H3,(H2,19,23). The Balaban J connectivity index is 1.64. The Kier molecular flexibility index (Phi) is 4.92. The highest BCUT2D eigenvalue weighted by Crippen LogP contribution is 2.29. The minimum Gasteiger partial charge on any atom is -0.497 e. The van der Waals surface area contributed by atoms with E-state index in [0.29, 0.717) is 38.2 Å². The number of methoxy groups -OCH3 is 1. The molecule has 134 valence electrons. The topological polar surface area (TPSA) is 92.9 Å². The van der Waals surface area contributed by atoms with E-state index in [-0.39, 0.29) is 36.0 Å². The van der Waals surface area contributed by atoms with Crippen LogP contribution in [0.4, 0.5) is 5.69 Å². The number of hydrogen-bond donors (Lipinski definition) is 1. The highest BCUT2D eigenvalue weighted by atomic mass is 16.5. The van der Waals surface area contributed by atoms with Crippen molar-refractivity contribution in [3.63, 3.8) is 0 Å². The number of rotatable bonds is 4. The van der Waals surface area contributed by atoms with Crippen LogP contribution in [0.2, 0.25) is 0 Å². The number of benzene rings is 1. The highest BCUT2D eigenvalue weighted by Gasteiger charge is 2.38. The molecule has 2 saturated heterocycles. The van der Waals surface area contributed by atoms with Crippen molar-refractivity contribution in [2.75, 3.05) is 31.6 Å². The average molecular weight is 345 g/mol. The highest BCUT2D eigenvalue weighted by molar-refractivity contribution is 6.00. The van der Waals surface area contributed by atoms with Gasteiger partial charge in [-0.2, -0.15) is 0 Å². The number of carbonyl (C=O) groups excluding carboxylic acids is 3. The normalized spacial score (nSPS) is 21.5. The summed E-state index contributed by atoms with van der Waals surface area (Å²) < 4.78 is 5.20. The minimum absolute atomic E-state index is 0.0123. The number of anilines is 1. The van der Waals surface area contributed by atoms with E-state index in [4.69, 9.17) is 10.5 Å². The lowest BCUT2D eigenvalue weighted by atomic mass is 9.95. The maximum Gasteiger partial charge on any atom is 0.228 e. The monoisotopic (exact) mass is 345 g/mol. The van der Waals surface area contributed by atoms with E-state index in [2.05, 4.69) is 0 Å². The lowest BCUT2D eigenvalue weighted by molar-refractivity contribution is -0.138. The zero-order valence-electron chi connectivity index (χ0n) is 14.3. The second kappa shape index (κ2) is 7.13. The third-order valence-corrected chi connectivity index (χ3v) is 5.05. The Bertz CT molecular complexity index is 683. The van der Waals surface area contributed by atoms with Crippen LogP contribution in [-0.4, -0.2) is 49.4 Å². The van der Waals surface area contributed by atoms with E-state index >= 15 is 0 Å². The first-order valence-electron chi connectivity index (χ1n) is 8.52.